The van der Waals surface area contributed by atoms with Gasteiger partial charge in [-0.1, -0.05) is 18.2 Å². The third-order valence-electron chi connectivity index (χ3n) is 4.71. The number of ether oxygens (including phenoxy) is 1. The molecule has 1 aromatic carbocycles. The Kier molecular flexibility index (Phi) is 5.05. The molecule has 0 bridgehead atoms. The summed E-state index contributed by atoms with van der Waals surface area (Å²) in [4.78, 5) is 40.7. The van der Waals surface area contributed by atoms with Gasteiger partial charge < -0.3 is 14.6 Å². The number of carbonyl (C=O) groups excluding carboxylic acids is 2. The van der Waals surface area contributed by atoms with Crippen LogP contribution in [0.1, 0.15) is 23.8 Å². The zero-order chi connectivity index (χ0) is 19.8. The third kappa shape index (κ3) is 4.02. The van der Waals surface area contributed by atoms with Crippen LogP contribution in [0.5, 0.6) is 0 Å². The van der Waals surface area contributed by atoms with Crippen molar-refractivity contribution >= 4 is 32.5 Å². The van der Waals surface area contributed by atoms with Gasteiger partial charge in [-0.05, 0) is 30.9 Å². The molecular weight excluding hydrogens is 372 g/mol. The number of esters is 1. The lowest BCUT2D eigenvalue weighted by Crippen LogP contribution is -2.44. The van der Waals surface area contributed by atoms with Crippen LogP contribution in [-0.2, 0) is 19.4 Å². The highest BCUT2D eigenvalue weighted by atomic mass is 32.2. The van der Waals surface area contributed by atoms with Crippen LogP contribution in [0.3, 0.4) is 0 Å². The van der Waals surface area contributed by atoms with Crippen LogP contribution < -0.4 is 5.56 Å². The van der Waals surface area contributed by atoms with E-state index in [2.05, 4.69) is 4.98 Å². The maximum atomic E-state index is 12.5. The third-order valence-corrected chi connectivity index (χ3v) is 6.46. The topological polar surface area (TPSA) is 114 Å². The number of H-pyrrole nitrogens is 1. The molecule has 8 nitrogen and oxygen atoms in total. The molecule has 0 saturated carbocycles. The van der Waals surface area contributed by atoms with Crippen molar-refractivity contribution in [2.24, 2.45) is 0 Å². The number of likely N-dealkylation sites (N-methyl/N-ethyl adjacent to an activating group) is 1. The van der Waals surface area contributed by atoms with Crippen LogP contribution in [0, 0.1) is 0 Å². The molecule has 2 heterocycles. The second kappa shape index (κ2) is 7.15. The normalized spacial score (nSPS) is 19.6. The number of nitrogens with one attached hydrogen (secondary N) is 1. The van der Waals surface area contributed by atoms with Gasteiger partial charge in [0.2, 0.25) is 0 Å². The fourth-order valence-electron chi connectivity index (χ4n) is 3.14. The number of aromatic amines is 1. The van der Waals surface area contributed by atoms with Gasteiger partial charge in [0.1, 0.15) is 5.69 Å². The minimum atomic E-state index is -3.13. The molecule has 1 fully saturated rings. The van der Waals surface area contributed by atoms with Crippen LogP contribution in [0.4, 0.5) is 0 Å². The lowest BCUT2D eigenvalue weighted by Gasteiger charge is -2.26. The van der Waals surface area contributed by atoms with E-state index in [4.69, 9.17) is 4.74 Å². The fourth-order valence-corrected chi connectivity index (χ4v) is 4.92. The number of hydrogen-bond donors (Lipinski definition) is 1. The Balaban J connectivity index is 1.72. The number of sulfone groups is 1. The minimum Gasteiger partial charge on any atom is -0.448 e. The summed E-state index contributed by atoms with van der Waals surface area (Å²) in [5.41, 5.74) is -0.475. The molecule has 1 saturated heterocycles. The van der Waals surface area contributed by atoms with Crippen molar-refractivity contribution in [3.63, 3.8) is 0 Å². The highest BCUT2D eigenvalue weighted by molar-refractivity contribution is 7.91. The summed E-state index contributed by atoms with van der Waals surface area (Å²) < 4.78 is 28.4. The van der Waals surface area contributed by atoms with Crippen LogP contribution in [0.2, 0.25) is 0 Å². The van der Waals surface area contributed by atoms with E-state index in [9.17, 15) is 22.8 Å². The molecule has 1 aliphatic heterocycles. The summed E-state index contributed by atoms with van der Waals surface area (Å²) in [6.45, 7) is 1.42. The summed E-state index contributed by atoms with van der Waals surface area (Å²) >= 11 is 0. The number of pyridine rings is 1. The van der Waals surface area contributed by atoms with Gasteiger partial charge in [0.25, 0.3) is 11.5 Å². The predicted octanol–water partition coefficient (Wildman–Crippen LogP) is 0.719. The minimum absolute atomic E-state index is 0.0434. The van der Waals surface area contributed by atoms with Gasteiger partial charge in [-0.25, -0.2) is 13.2 Å². The standard InChI is InChI=1S/C18H20N2O6S/c1-11(17(22)20(2)13-7-8-27(24,25)10-13)26-18(23)15-9-12-5-3-4-6-14(12)16(21)19-15/h3-6,9,11,13H,7-8,10H2,1-2H3,(H,19,21)/t11-,13+/m0/s1. The van der Waals surface area contributed by atoms with Crippen molar-refractivity contribution in [2.75, 3.05) is 18.6 Å². The van der Waals surface area contributed by atoms with Crippen LogP contribution in [0.25, 0.3) is 10.8 Å². The molecule has 27 heavy (non-hydrogen) atoms. The molecule has 9 heteroatoms. The van der Waals surface area contributed by atoms with Crippen molar-refractivity contribution in [1.82, 2.24) is 9.88 Å². The van der Waals surface area contributed by atoms with Crippen LogP contribution in [-0.4, -0.2) is 60.9 Å². The van der Waals surface area contributed by atoms with Gasteiger partial charge >= 0.3 is 5.97 Å². The zero-order valence-corrected chi connectivity index (χ0v) is 15.8. The number of carbonyl (C=O) groups is 2. The molecule has 0 aliphatic carbocycles. The first-order valence-corrected chi connectivity index (χ1v) is 10.3. The number of nitrogens with zero attached hydrogens (tertiary/aromatic N) is 1. The van der Waals surface area contributed by atoms with E-state index in [1.807, 2.05) is 0 Å². The van der Waals surface area contributed by atoms with Gasteiger partial charge in [-0.3, -0.25) is 9.59 Å². The van der Waals surface area contributed by atoms with Crippen molar-refractivity contribution in [1.29, 1.82) is 0 Å². The number of aromatic nitrogens is 1. The molecule has 1 amide bonds. The lowest BCUT2D eigenvalue weighted by molar-refractivity contribution is -0.140. The highest BCUT2D eigenvalue weighted by Crippen LogP contribution is 2.18. The monoisotopic (exact) mass is 392 g/mol. The van der Waals surface area contributed by atoms with Crippen molar-refractivity contribution in [3.8, 4) is 0 Å². The molecule has 2 atom stereocenters. The summed E-state index contributed by atoms with van der Waals surface area (Å²) in [6.07, 6.45) is -0.746. The van der Waals surface area contributed by atoms with Gasteiger partial charge in [-0.2, -0.15) is 0 Å². The fraction of sp³-hybridized carbons (Fsp3) is 0.389. The first kappa shape index (κ1) is 19.1. The Bertz CT molecular complexity index is 1060. The summed E-state index contributed by atoms with van der Waals surface area (Å²) in [5, 5.41) is 1.03. The van der Waals surface area contributed by atoms with Gasteiger partial charge in [0.15, 0.2) is 15.9 Å². The second-order valence-corrected chi connectivity index (χ2v) is 8.88. The molecule has 2 aromatic rings. The maximum absolute atomic E-state index is 12.5. The Morgan fingerprint density at radius 2 is 2.00 bits per heavy atom. The van der Waals surface area contributed by atoms with E-state index in [1.165, 1.54) is 24.9 Å². The molecular formula is C18H20N2O6S. The second-order valence-electron chi connectivity index (χ2n) is 6.65. The maximum Gasteiger partial charge on any atom is 0.355 e. The first-order chi connectivity index (χ1) is 12.7. The van der Waals surface area contributed by atoms with E-state index >= 15 is 0 Å². The van der Waals surface area contributed by atoms with E-state index < -0.39 is 39.4 Å². The van der Waals surface area contributed by atoms with Gasteiger partial charge in [0.05, 0.1) is 11.5 Å². The Morgan fingerprint density at radius 3 is 2.67 bits per heavy atom. The average Bonchev–Trinajstić information content (AvgIpc) is 3.00. The first-order valence-electron chi connectivity index (χ1n) is 8.48. The van der Waals surface area contributed by atoms with Gasteiger partial charge in [-0.15, -0.1) is 0 Å². The molecule has 0 radical (unpaired) electrons. The Labute approximate surface area is 156 Å². The smallest absolute Gasteiger partial charge is 0.355 e. The number of rotatable bonds is 4. The number of amides is 1. The molecule has 1 aliphatic rings. The van der Waals surface area contributed by atoms with Crippen molar-refractivity contribution < 1.29 is 22.7 Å². The Morgan fingerprint density at radius 1 is 1.30 bits per heavy atom. The van der Waals surface area contributed by atoms with Crippen molar-refractivity contribution in [2.45, 2.75) is 25.5 Å². The van der Waals surface area contributed by atoms with Crippen LogP contribution >= 0.6 is 0 Å². The Hall–Kier alpha value is -2.68. The summed E-state index contributed by atoms with van der Waals surface area (Å²) in [6, 6.07) is 7.86. The largest absolute Gasteiger partial charge is 0.448 e. The molecule has 0 spiro atoms. The van der Waals surface area contributed by atoms with Crippen molar-refractivity contribution in [3.05, 3.63) is 46.4 Å². The van der Waals surface area contributed by atoms with Crippen LogP contribution in [0.15, 0.2) is 35.1 Å². The number of hydrogen-bond acceptors (Lipinski definition) is 6. The molecule has 1 aromatic heterocycles. The quantitative estimate of drug-likeness (QED) is 0.767. The average molecular weight is 392 g/mol. The van der Waals surface area contributed by atoms with E-state index in [1.54, 1.807) is 24.3 Å². The lowest BCUT2D eigenvalue weighted by atomic mass is 10.1. The molecule has 1 N–H and O–H groups in total. The van der Waals surface area contributed by atoms with Gasteiger partial charge in [0, 0.05) is 18.5 Å². The molecule has 3 rings (SSSR count). The molecule has 144 valence electrons. The van der Waals surface area contributed by atoms with E-state index in [-0.39, 0.29) is 17.2 Å². The molecule has 0 unspecified atom stereocenters. The predicted molar refractivity (Wildman–Crippen MR) is 99.3 cm³/mol. The van der Waals surface area contributed by atoms with E-state index in [0.717, 1.165) is 0 Å². The van der Waals surface area contributed by atoms with E-state index in [0.29, 0.717) is 17.2 Å². The highest BCUT2D eigenvalue weighted by Gasteiger charge is 2.35. The summed E-state index contributed by atoms with van der Waals surface area (Å²) in [7, 11) is -1.64. The SMILES string of the molecule is C[C@H](OC(=O)c1cc2ccccc2c(=O)[nH]1)C(=O)N(C)[C@@H]1CCS(=O)(=O)C1. The summed E-state index contributed by atoms with van der Waals surface area (Å²) in [5.74, 6) is -1.37. The number of fused-ring (bicyclic) bond motifs is 1. The zero-order valence-electron chi connectivity index (χ0n) is 15.0. The number of benzene rings is 1.